The molecule has 0 aliphatic rings. The highest BCUT2D eigenvalue weighted by atomic mass is 16.4. The predicted molar refractivity (Wildman–Crippen MR) is 53.2 cm³/mol. The summed E-state index contributed by atoms with van der Waals surface area (Å²) < 4.78 is 5.06. The lowest BCUT2D eigenvalue weighted by Gasteiger charge is -2.22. The van der Waals surface area contributed by atoms with Gasteiger partial charge in [0.2, 0.25) is 0 Å². The van der Waals surface area contributed by atoms with E-state index in [0.29, 0.717) is 0 Å². The van der Waals surface area contributed by atoms with E-state index < -0.39 is 0 Å². The quantitative estimate of drug-likeness (QED) is 0.614. The standard InChI is InChI=1S/C11H16O2/c1-7-6-9(12)13-8(2)10(7)11(3,4)5/h6H,1-5H3. The van der Waals surface area contributed by atoms with Crippen LogP contribution in [0, 0.1) is 13.8 Å². The largest absolute Gasteiger partial charge is 0.428 e. The average Bonchev–Trinajstić information content (AvgIpc) is 1.78. The fourth-order valence-corrected chi connectivity index (χ4v) is 1.88. The van der Waals surface area contributed by atoms with E-state index in [1.165, 1.54) is 0 Å². The lowest BCUT2D eigenvalue weighted by atomic mass is 9.84. The molecule has 13 heavy (non-hydrogen) atoms. The summed E-state index contributed by atoms with van der Waals surface area (Å²) in [5, 5.41) is 0. The van der Waals surface area contributed by atoms with Gasteiger partial charge in [0.15, 0.2) is 0 Å². The molecule has 2 heteroatoms. The molecule has 1 aromatic rings. The Bertz CT molecular complexity index is 340. The van der Waals surface area contributed by atoms with Gasteiger partial charge in [-0.25, -0.2) is 4.79 Å². The van der Waals surface area contributed by atoms with Crippen molar-refractivity contribution in [2.75, 3.05) is 0 Å². The smallest absolute Gasteiger partial charge is 0.336 e. The van der Waals surface area contributed by atoms with Crippen LogP contribution in [0.5, 0.6) is 0 Å². The minimum absolute atomic E-state index is 0.0331. The molecule has 0 amide bonds. The van der Waals surface area contributed by atoms with E-state index in [1.54, 1.807) is 6.07 Å². The zero-order chi connectivity index (χ0) is 10.2. The Morgan fingerprint density at radius 3 is 2.15 bits per heavy atom. The number of hydrogen-bond donors (Lipinski definition) is 0. The van der Waals surface area contributed by atoms with Gasteiger partial charge in [-0.3, -0.25) is 0 Å². The highest BCUT2D eigenvalue weighted by molar-refractivity contribution is 5.32. The molecule has 1 rings (SSSR count). The summed E-state index contributed by atoms with van der Waals surface area (Å²) in [6.07, 6.45) is 0. The van der Waals surface area contributed by atoms with Gasteiger partial charge in [-0.1, -0.05) is 20.8 Å². The van der Waals surface area contributed by atoms with E-state index in [9.17, 15) is 4.79 Å². The maximum absolute atomic E-state index is 11.0. The minimum atomic E-state index is -0.261. The molecule has 0 saturated heterocycles. The van der Waals surface area contributed by atoms with Crippen LogP contribution in [-0.2, 0) is 5.41 Å². The lowest BCUT2D eigenvalue weighted by molar-refractivity contribution is 0.446. The Kier molecular flexibility index (Phi) is 2.33. The first-order chi connectivity index (χ1) is 5.82. The molecule has 0 unspecified atom stereocenters. The van der Waals surface area contributed by atoms with Crippen LogP contribution in [-0.4, -0.2) is 0 Å². The molecule has 2 nitrogen and oxygen atoms in total. The number of rotatable bonds is 0. The third kappa shape index (κ3) is 2.00. The van der Waals surface area contributed by atoms with E-state index in [2.05, 4.69) is 20.8 Å². The minimum Gasteiger partial charge on any atom is -0.428 e. The molecule has 0 aliphatic heterocycles. The molecule has 0 fully saturated rings. The van der Waals surface area contributed by atoms with Crippen LogP contribution in [0.4, 0.5) is 0 Å². The molecule has 1 aromatic heterocycles. The van der Waals surface area contributed by atoms with Gasteiger partial charge in [-0.15, -0.1) is 0 Å². The third-order valence-electron chi connectivity index (χ3n) is 2.08. The first-order valence-electron chi connectivity index (χ1n) is 4.44. The average molecular weight is 180 g/mol. The van der Waals surface area contributed by atoms with Crippen molar-refractivity contribution in [1.82, 2.24) is 0 Å². The highest BCUT2D eigenvalue weighted by Crippen LogP contribution is 2.27. The van der Waals surface area contributed by atoms with Crippen molar-refractivity contribution in [3.63, 3.8) is 0 Å². The molecule has 0 spiro atoms. The Hall–Kier alpha value is -1.05. The van der Waals surface area contributed by atoms with Crippen LogP contribution in [0.2, 0.25) is 0 Å². The van der Waals surface area contributed by atoms with Crippen LogP contribution in [0.3, 0.4) is 0 Å². The van der Waals surface area contributed by atoms with Crippen LogP contribution < -0.4 is 5.63 Å². The molecule has 0 saturated carbocycles. The van der Waals surface area contributed by atoms with E-state index in [0.717, 1.165) is 16.9 Å². The second kappa shape index (κ2) is 3.02. The molecular weight excluding hydrogens is 164 g/mol. The van der Waals surface area contributed by atoms with Gasteiger partial charge in [-0.05, 0) is 30.4 Å². The normalized spacial score (nSPS) is 11.8. The maximum atomic E-state index is 11.0. The summed E-state index contributed by atoms with van der Waals surface area (Å²) in [6, 6.07) is 1.55. The van der Waals surface area contributed by atoms with E-state index >= 15 is 0 Å². The molecule has 1 heterocycles. The van der Waals surface area contributed by atoms with Crippen molar-refractivity contribution in [2.45, 2.75) is 40.0 Å². The Balaban J connectivity index is 3.47. The first kappa shape index (κ1) is 10.0. The van der Waals surface area contributed by atoms with Crippen molar-refractivity contribution in [3.8, 4) is 0 Å². The summed E-state index contributed by atoms with van der Waals surface area (Å²) in [5.74, 6) is 0.734. The molecule has 0 atom stereocenters. The summed E-state index contributed by atoms with van der Waals surface area (Å²) >= 11 is 0. The van der Waals surface area contributed by atoms with Crippen LogP contribution in [0.1, 0.15) is 37.7 Å². The van der Waals surface area contributed by atoms with Crippen LogP contribution in [0.15, 0.2) is 15.3 Å². The number of hydrogen-bond acceptors (Lipinski definition) is 2. The molecule has 0 aliphatic carbocycles. The van der Waals surface area contributed by atoms with E-state index in [-0.39, 0.29) is 11.0 Å². The second-order valence-electron chi connectivity index (χ2n) is 4.43. The Morgan fingerprint density at radius 2 is 1.77 bits per heavy atom. The zero-order valence-corrected chi connectivity index (χ0v) is 8.89. The van der Waals surface area contributed by atoms with Gasteiger partial charge < -0.3 is 4.42 Å². The lowest BCUT2D eigenvalue weighted by Crippen LogP contribution is -2.17. The SMILES string of the molecule is Cc1cc(=O)oc(C)c1C(C)(C)C. The van der Waals surface area contributed by atoms with Crippen molar-refractivity contribution >= 4 is 0 Å². The van der Waals surface area contributed by atoms with E-state index in [4.69, 9.17) is 4.42 Å². The molecule has 0 radical (unpaired) electrons. The van der Waals surface area contributed by atoms with E-state index in [1.807, 2.05) is 13.8 Å². The highest BCUT2D eigenvalue weighted by Gasteiger charge is 2.20. The van der Waals surface area contributed by atoms with Gasteiger partial charge in [0.05, 0.1) is 0 Å². The molecule has 72 valence electrons. The molecule has 0 bridgehead atoms. The van der Waals surface area contributed by atoms with Gasteiger partial charge in [-0.2, -0.15) is 0 Å². The predicted octanol–water partition coefficient (Wildman–Crippen LogP) is 2.55. The van der Waals surface area contributed by atoms with Crippen molar-refractivity contribution in [2.24, 2.45) is 0 Å². The van der Waals surface area contributed by atoms with Crippen LogP contribution >= 0.6 is 0 Å². The number of aryl methyl sites for hydroxylation is 2. The van der Waals surface area contributed by atoms with Gasteiger partial charge >= 0.3 is 5.63 Å². The van der Waals surface area contributed by atoms with Gasteiger partial charge in [0, 0.05) is 6.07 Å². The summed E-state index contributed by atoms with van der Waals surface area (Å²) in [4.78, 5) is 11.0. The zero-order valence-electron chi connectivity index (χ0n) is 8.89. The topological polar surface area (TPSA) is 30.2 Å². The fraction of sp³-hybridized carbons (Fsp3) is 0.545. The summed E-state index contributed by atoms with van der Waals surface area (Å²) in [6.45, 7) is 10.1. The molecular formula is C11H16O2. The molecule has 0 aromatic carbocycles. The van der Waals surface area contributed by atoms with Crippen molar-refractivity contribution in [1.29, 1.82) is 0 Å². The van der Waals surface area contributed by atoms with Crippen LogP contribution in [0.25, 0.3) is 0 Å². The molecule has 0 N–H and O–H groups in total. The Morgan fingerprint density at radius 1 is 1.23 bits per heavy atom. The monoisotopic (exact) mass is 180 g/mol. The van der Waals surface area contributed by atoms with Crippen molar-refractivity contribution in [3.05, 3.63) is 33.4 Å². The van der Waals surface area contributed by atoms with Gasteiger partial charge in [0.25, 0.3) is 0 Å². The van der Waals surface area contributed by atoms with Crippen molar-refractivity contribution < 1.29 is 4.42 Å². The third-order valence-corrected chi connectivity index (χ3v) is 2.08. The first-order valence-corrected chi connectivity index (χ1v) is 4.44. The van der Waals surface area contributed by atoms with Gasteiger partial charge in [0.1, 0.15) is 5.76 Å². The summed E-state index contributed by atoms with van der Waals surface area (Å²) in [7, 11) is 0. The Labute approximate surface area is 78.6 Å². The fourth-order valence-electron chi connectivity index (χ4n) is 1.88. The second-order valence-corrected chi connectivity index (χ2v) is 4.43. The maximum Gasteiger partial charge on any atom is 0.336 e. The summed E-state index contributed by atoms with van der Waals surface area (Å²) in [5.41, 5.74) is 1.92.